The Balaban J connectivity index is 3.78. The Morgan fingerprint density at radius 3 is 2.38 bits per heavy atom. The highest BCUT2D eigenvalue weighted by atomic mass is 16.3. The van der Waals surface area contributed by atoms with Gasteiger partial charge in [0.05, 0.1) is 6.20 Å². The van der Waals surface area contributed by atoms with Crippen molar-refractivity contribution >= 4 is 6.72 Å². The van der Waals surface area contributed by atoms with Gasteiger partial charge in [0.25, 0.3) is 0 Å². The molecular formula is C5H10N2O. The quantitative estimate of drug-likeness (QED) is 0.421. The molecule has 0 amide bonds. The van der Waals surface area contributed by atoms with E-state index in [0.29, 0.717) is 0 Å². The van der Waals surface area contributed by atoms with Gasteiger partial charge in [0.2, 0.25) is 5.88 Å². The zero-order valence-electron chi connectivity index (χ0n) is 5.13. The minimum Gasteiger partial charge on any atom is -0.494 e. The highest BCUT2D eigenvalue weighted by Gasteiger charge is 1.88. The van der Waals surface area contributed by atoms with Gasteiger partial charge in [-0.2, -0.15) is 0 Å². The smallest absolute Gasteiger partial charge is 0.205 e. The second kappa shape index (κ2) is 3.07. The lowest BCUT2D eigenvalue weighted by Crippen LogP contribution is -2.09. The minimum absolute atomic E-state index is 0.111. The Hall–Kier alpha value is -0.990. The molecular weight excluding hydrogens is 104 g/mol. The fourth-order valence-electron chi connectivity index (χ4n) is 0.197. The molecule has 0 saturated heterocycles. The standard InChI is InChI=1S/C5H10N2O/c1-6-4-5(8)7(2)3/h4,8H,1H2,2-3H3/b5-4+. The first kappa shape index (κ1) is 7.01. The Kier molecular flexibility index (Phi) is 2.69. The highest BCUT2D eigenvalue weighted by molar-refractivity contribution is 5.25. The number of hydrogen-bond donors (Lipinski definition) is 1. The Bertz CT molecular complexity index is 107. The summed E-state index contributed by atoms with van der Waals surface area (Å²) in [7, 11) is 3.44. The maximum atomic E-state index is 8.78. The monoisotopic (exact) mass is 114 g/mol. The summed E-state index contributed by atoms with van der Waals surface area (Å²) in [6.07, 6.45) is 1.28. The fourth-order valence-corrected chi connectivity index (χ4v) is 0.197. The molecule has 46 valence electrons. The lowest BCUT2D eigenvalue weighted by atomic mass is 10.7. The van der Waals surface area contributed by atoms with Gasteiger partial charge in [-0.25, -0.2) is 0 Å². The zero-order valence-corrected chi connectivity index (χ0v) is 5.13. The van der Waals surface area contributed by atoms with Crippen LogP contribution in [-0.2, 0) is 0 Å². The van der Waals surface area contributed by atoms with Crippen molar-refractivity contribution in [1.29, 1.82) is 0 Å². The Morgan fingerprint density at radius 1 is 1.75 bits per heavy atom. The Labute approximate surface area is 49.0 Å². The van der Waals surface area contributed by atoms with Crippen LogP contribution in [0.2, 0.25) is 0 Å². The molecule has 1 N–H and O–H groups in total. The first-order chi connectivity index (χ1) is 3.68. The molecule has 0 bridgehead atoms. The van der Waals surface area contributed by atoms with E-state index >= 15 is 0 Å². The van der Waals surface area contributed by atoms with Crippen molar-refractivity contribution < 1.29 is 5.11 Å². The predicted octanol–water partition coefficient (Wildman–Crippen LogP) is 0.605. The third kappa shape index (κ3) is 2.23. The molecule has 0 aliphatic carbocycles. The average Bonchev–Trinajstić information content (AvgIpc) is 1.67. The third-order valence-corrected chi connectivity index (χ3v) is 0.665. The average molecular weight is 114 g/mol. The largest absolute Gasteiger partial charge is 0.494 e. The van der Waals surface area contributed by atoms with Crippen molar-refractivity contribution in [1.82, 2.24) is 4.90 Å². The van der Waals surface area contributed by atoms with Gasteiger partial charge < -0.3 is 10.0 Å². The van der Waals surface area contributed by atoms with Gasteiger partial charge >= 0.3 is 0 Å². The van der Waals surface area contributed by atoms with Gasteiger partial charge in [-0.3, -0.25) is 4.99 Å². The van der Waals surface area contributed by atoms with Gasteiger partial charge in [0, 0.05) is 14.1 Å². The number of aliphatic hydroxyl groups is 1. The molecule has 0 aliphatic heterocycles. The van der Waals surface area contributed by atoms with E-state index in [1.165, 1.54) is 11.1 Å². The molecule has 0 radical (unpaired) electrons. The molecule has 3 nitrogen and oxygen atoms in total. The van der Waals surface area contributed by atoms with Crippen molar-refractivity contribution in [2.45, 2.75) is 0 Å². The van der Waals surface area contributed by atoms with Crippen LogP contribution in [0.3, 0.4) is 0 Å². The van der Waals surface area contributed by atoms with E-state index in [0.717, 1.165) is 0 Å². The van der Waals surface area contributed by atoms with Crippen LogP contribution >= 0.6 is 0 Å². The van der Waals surface area contributed by atoms with Crippen molar-refractivity contribution in [2.24, 2.45) is 4.99 Å². The van der Waals surface area contributed by atoms with Crippen LogP contribution in [0, 0.1) is 0 Å². The van der Waals surface area contributed by atoms with Crippen LogP contribution in [0.1, 0.15) is 0 Å². The summed E-state index contributed by atoms with van der Waals surface area (Å²) in [5, 5.41) is 8.78. The SMILES string of the molecule is C=N/C=C(/O)N(C)C. The predicted molar refractivity (Wildman–Crippen MR) is 33.9 cm³/mol. The summed E-state index contributed by atoms with van der Waals surface area (Å²) in [5.74, 6) is 0.111. The van der Waals surface area contributed by atoms with Crippen LogP contribution in [-0.4, -0.2) is 30.8 Å². The van der Waals surface area contributed by atoms with Gasteiger partial charge in [-0.1, -0.05) is 0 Å². The van der Waals surface area contributed by atoms with Crippen LogP contribution < -0.4 is 0 Å². The summed E-state index contributed by atoms with van der Waals surface area (Å²) in [4.78, 5) is 4.89. The summed E-state index contributed by atoms with van der Waals surface area (Å²) in [6.45, 7) is 3.17. The number of rotatable bonds is 2. The van der Waals surface area contributed by atoms with Crippen molar-refractivity contribution in [3.05, 3.63) is 12.1 Å². The first-order valence-electron chi connectivity index (χ1n) is 2.20. The maximum absolute atomic E-state index is 8.78. The second-order valence-electron chi connectivity index (χ2n) is 1.56. The fraction of sp³-hybridized carbons (Fsp3) is 0.400. The molecule has 0 aromatic rings. The van der Waals surface area contributed by atoms with E-state index in [1.54, 1.807) is 14.1 Å². The molecule has 0 unspecified atom stereocenters. The molecule has 0 aromatic heterocycles. The Morgan fingerprint density at radius 2 is 2.25 bits per heavy atom. The normalized spacial score (nSPS) is 11.0. The van der Waals surface area contributed by atoms with E-state index in [9.17, 15) is 0 Å². The highest BCUT2D eigenvalue weighted by Crippen LogP contribution is 1.89. The van der Waals surface area contributed by atoms with E-state index in [-0.39, 0.29) is 5.88 Å². The molecule has 3 heteroatoms. The first-order valence-corrected chi connectivity index (χ1v) is 2.20. The molecule has 0 aliphatic rings. The molecule has 0 atom stereocenters. The van der Waals surface area contributed by atoms with Crippen LogP contribution in [0.5, 0.6) is 0 Å². The summed E-state index contributed by atoms with van der Waals surface area (Å²) >= 11 is 0. The molecule has 8 heavy (non-hydrogen) atoms. The van der Waals surface area contributed by atoms with Crippen LogP contribution in [0.25, 0.3) is 0 Å². The van der Waals surface area contributed by atoms with Crippen molar-refractivity contribution in [3.63, 3.8) is 0 Å². The zero-order chi connectivity index (χ0) is 6.57. The molecule has 0 fully saturated rings. The van der Waals surface area contributed by atoms with Gasteiger partial charge in [0.15, 0.2) is 0 Å². The number of nitrogens with zero attached hydrogens (tertiary/aromatic N) is 2. The van der Waals surface area contributed by atoms with Gasteiger partial charge in [-0.05, 0) is 6.72 Å². The van der Waals surface area contributed by atoms with E-state index in [4.69, 9.17) is 5.11 Å². The molecule has 0 heterocycles. The van der Waals surface area contributed by atoms with Gasteiger partial charge in [-0.15, -0.1) is 0 Å². The van der Waals surface area contributed by atoms with Crippen LogP contribution in [0.15, 0.2) is 17.1 Å². The minimum atomic E-state index is 0.111. The van der Waals surface area contributed by atoms with E-state index in [2.05, 4.69) is 11.7 Å². The summed E-state index contributed by atoms with van der Waals surface area (Å²) in [6, 6.07) is 0. The summed E-state index contributed by atoms with van der Waals surface area (Å²) < 4.78 is 0. The topological polar surface area (TPSA) is 35.8 Å². The molecule has 0 rings (SSSR count). The van der Waals surface area contributed by atoms with Gasteiger partial charge in [0.1, 0.15) is 0 Å². The second-order valence-corrected chi connectivity index (χ2v) is 1.56. The third-order valence-electron chi connectivity index (χ3n) is 0.665. The lowest BCUT2D eigenvalue weighted by Gasteiger charge is -2.07. The van der Waals surface area contributed by atoms with Crippen LogP contribution in [0.4, 0.5) is 0 Å². The molecule has 0 saturated carbocycles. The van der Waals surface area contributed by atoms with Crippen molar-refractivity contribution in [3.8, 4) is 0 Å². The molecule has 0 spiro atoms. The van der Waals surface area contributed by atoms with E-state index in [1.807, 2.05) is 0 Å². The summed E-state index contributed by atoms with van der Waals surface area (Å²) in [5.41, 5.74) is 0. The lowest BCUT2D eigenvalue weighted by molar-refractivity contribution is 0.262. The number of aliphatic hydroxyl groups excluding tert-OH is 1. The maximum Gasteiger partial charge on any atom is 0.205 e. The molecule has 0 aromatic carbocycles. The number of aliphatic imine (C=N–C) groups is 1. The number of hydrogen-bond acceptors (Lipinski definition) is 3. The van der Waals surface area contributed by atoms with Crippen molar-refractivity contribution in [2.75, 3.05) is 14.1 Å². The van der Waals surface area contributed by atoms with E-state index < -0.39 is 0 Å².